The van der Waals surface area contributed by atoms with Crippen molar-refractivity contribution in [3.8, 4) is 40.0 Å². The zero-order valence-electron chi connectivity index (χ0n) is 17.2. The van der Waals surface area contributed by atoms with Gasteiger partial charge in [0.2, 0.25) is 0 Å². The molecule has 0 saturated heterocycles. The Bertz CT molecular complexity index is 1240. The molecule has 4 aromatic rings. The molecule has 0 bridgehead atoms. The molecule has 3 heterocycles. The predicted octanol–water partition coefficient (Wildman–Crippen LogP) is 2.89. The minimum Gasteiger partial charge on any atom is -0.493 e. The van der Waals surface area contributed by atoms with Crippen LogP contribution in [0.4, 0.5) is 5.82 Å². The monoisotopic (exact) mass is 415 g/mol. The van der Waals surface area contributed by atoms with E-state index in [9.17, 15) is 5.26 Å². The number of ether oxygens (including phenoxy) is 2. The third-order valence-electron chi connectivity index (χ3n) is 4.80. The SMILES string of the molecule is COc1cccc(-c2cc(-c3cnn(C)c3)nc(N)c2C#N)c1OCCn1ccnc1. The second-order valence-electron chi connectivity index (χ2n) is 6.82. The lowest BCUT2D eigenvalue weighted by atomic mass is 9.98. The summed E-state index contributed by atoms with van der Waals surface area (Å²) in [5, 5.41) is 14.0. The van der Waals surface area contributed by atoms with Gasteiger partial charge in [0.05, 0.1) is 31.9 Å². The number of anilines is 1. The minimum absolute atomic E-state index is 0.144. The van der Waals surface area contributed by atoms with Crippen LogP contribution in [0.3, 0.4) is 0 Å². The lowest BCUT2D eigenvalue weighted by Gasteiger charge is -2.17. The zero-order chi connectivity index (χ0) is 21.8. The number of nitriles is 1. The number of pyridine rings is 1. The van der Waals surface area contributed by atoms with Crippen LogP contribution in [0.5, 0.6) is 11.5 Å². The second-order valence-corrected chi connectivity index (χ2v) is 6.82. The van der Waals surface area contributed by atoms with Crippen LogP contribution in [0.15, 0.2) is 55.4 Å². The fraction of sp³-hybridized carbons (Fsp3) is 0.182. The van der Waals surface area contributed by atoms with E-state index < -0.39 is 0 Å². The van der Waals surface area contributed by atoms with Crippen molar-refractivity contribution in [3.05, 3.63) is 60.9 Å². The Morgan fingerprint density at radius 3 is 2.81 bits per heavy atom. The van der Waals surface area contributed by atoms with E-state index in [1.54, 1.807) is 30.5 Å². The van der Waals surface area contributed by atoms with Gasteiger partial charge in [-0.15, -0.1) is 0 Å². The summed E-state index contributed by atoms with van der Waals surface area (Å²) in [6, 6.07) is 9.53. The zero-order valence-corrected chi connectivity index (χ0v) is 17.2. The number of nitrogens with zero attached hydrogens (tertiary/aromatic N) is 6. The molecule has 31 heavy (non-hydrogen) atoms. The molecular weight excluding hydrogens is 394 g/mol. The van der Waals surface area contributed by atoms with Gasteiger partial charge in [-0.2, -0.15) is 10.4 Å². The van der Waals surface area contributed by atoms with E-state index in [1.165, 1.54) is 0 Å². The summed E-state index contributed by atoms with van der Waals surface area (Å²) in [6.45, 7) is 1.00. The Balaban J connectivity index is 1.79. The summed E-state index contributed by atoms with van der Waals surface area (Å²) in [5.74, 6) is 1.24. The van der Waals surface area contributed by atoms with Crippen LogP contribution in [0.25, 0.3) is 22.4 Å². The van der Waals surface area contributed by atoms with Gasteiger partial charge >= 0.3 is 0 Å². The first-order chi connectivity index (χ1) is 15.1. The third-order valence-corrected chi connectivity index (χ3v) is 4.80. The molecule has 1 aromatic carbocycles. The first-order valence-electron chi connectivity index (χ1n) is 9.56. The molecule has 9 nitrogen and oxygen atoms in total. The second kappa shape index (κ2) is 8.59. The summed E-state index contributed by atoms with van der Waals surface area (Å²) in [5.41, 5.74) is 9.16. The smallest absolute Gasteiger partial charge is 0.169 e. The Morgan fingerprint density at radius 2 is 2.13 bits per heavy atom. The molecule has 2 N–H and O–H groups in total. The average molecular weight is 415 g/mol. The van der Waals surface area contributed by atoms with Gasteiger partial charge in [-0.1, -0.05) is 12.1 Å². The molecule has 156 valence electrons. The molecule has 0 unspecified atom stereocenters. The number of aryl methyl sites for hydroxylation is 1. The van der Waals surface area contributed by atoms with Crippen LogP contribution in [-0.4, -0.2) is 38.0 Å². The highest BCUT2D eigenvalue weighted by Gasteiger charge is 2.20. The van der Waals surface area contributed by atoms with Crippen LogP contribution in [0, 0.1) is 11.3 Å². The summed E-state index contributed by atoms with van der Waals surface area (Å²) >= 11 is 0. The molecule has 0 radical (unpaired) electrons. The molecule has 0 saturated carbocycles. The standard InChI is InChI=1S/C22H21N7O2/c1-28-13-15(12-26-28)19-10-17(18(11-23)22(24)27-19)16-4-3-5-20(30-2)21(16)31-9-8-29-7-6-25-14-29/h3-7,10,12-14H,8-9H2,1-2H3,(H2,24,27). The number of aromatic nitrogens is 5. The van der Waals surface area contributed by atoms with Crippen molar-refractivity contribution in [1.29, 1.82) is 5.26 Å². The van der Waals surface area contributed by atoms with Crippen LogP contribution >= 0.6 is 0 Å². The predicted molar refractivity (Wildman–Crippen MR) is 115 cm³/mol. The molecule has 0 fully saturated rings. The van der Waals surface area contributed by atoms with Crippen molar-refractivity contribution in [2.24, 2.45) is 7.05 Å². The topological polar surface area (TPSA) is 117 Å². The van der Waals surface area contributed by atoms with Crippen molar-refractivity contribution < 1.29 is 9.47 Å². The average Bonchev–Trinajstić information content (AvgIpc) is 3.45. The fourth-order valence-corrected chi connectivity index (χ4v) is 3.31. The normalized spacial score (nSPS) is 10.6. The minimum atomic E-state index is 0.144. The van der Waals surface area contributed by atoms with Crippen molar-refractivity contribution in [2.75, 3.05) is 19.5 Å². The molecule has 0 aliphatic heterocycles. The van der Waals surface area contributed by atoms with E-state index in [-0.39, 0.29) is 11.4 Å². The molecule has 0 aliphatic rings. The summed E-state index contributed by atoms with van der Waals surface area (Å²) < 4.78 is 15.2. The fourth-order valence-electron chi connectivity index (χ4n) is 3.31. The number of imidazole rings is 1. The first kappa shape index (κ1) is 20.0. The van der Waals surface area contributed by atoms with Gasteiger partial charge in [0.1, 0.15) is 24.1 Å². The van der Waals surface area contributed by atoms with Gasteiger partial charge in [0.15, 0.2) is 11.5 Å². The third kappa shape index (κ3) is 4.04. The summed E-state index contributed by atoms with van der Waals surface area (Å²) in [6.07, 6.45) is 8.85. The number of rotatable bonds is 7. The van der Waals surface area contributed by atoms with Gasteiger partial charge < -0.3 is 19.8 Å². The quantitative estimate of drug-likeness (QED) is 0.493. The van der Waals surface area contributed by atoms with E-state index in [0.717, 1.165) is 5.56 Å². The van der Waals surface area contributed by atoms with E-state index in [2.05, 4.69) is 21.1 Å². The lowest BCUT2D eigenvalue weighted by molar-refractivity contribution is 0.281. The van der Waals surface area contributed by atoms with Crippen molar-refractivity contribution >= 4 is 5.82 Å². The number of benzene rings is 1. The Labute approximate surface area is 179 Å². The van der Waals surface area contributed by atoms with E-state index >= 15 is 0 Å². The Morgan fingerprint density at radius 1 is 1.26 bits per heavy atom. The first-order valence-corrected chi connectivity index (χ1v) is 9.56. The largest absolute Gasteiger partial charge is 0.493 e. The highest BCUT2D eigenvalue weighted by Crippen LogP contribution is 2.41. The van der Waals surface area contributed by atoms with E-state index in [4.69, 9.17) is 15.2 Å². The molecule has 4 rings (SSSR count). The van der Waals surface area contributed by atoms with Crippen LogP contribution in [-0.2, 0) is 13.6 Å². The highest BCUT2D eigenvalue weighted by molar-refractivity contribution is 5.84. The van der Waals surface area contributed by atoms with E-state index in [1.807, 2.05) is 48.3 Å². The maximum Gasteiger partial charge on any atom is 0.169 e. The van der Waals surface area contributed by atoms with Crippen LogP contribution in [0.2, 0.25) is 0 Å². The molecule has 0 atom stereocenters. The molecule has 0 amide bonds. The molecular formula is C22H21N7O2. The highest BCUT2D eigenvalue weighted by atomic mass is 16.5. The lowest BCUT2D eigenvalue weighted by Crippen LogP contribution is -2.08. The molecule has 3 aromatic heterocycles. The summed E-state index contributed by atoms with van der Waals surface area (Å²) in [4.78, 5) is 8.44. The number of para-hydroxylation sites is 1. The van der Waals surface area contributed by atoms with Gasteiger partial charge in [-0.05, 0) is 12.1 Å². The Kier molecular flexibility index (Phi) is 5.53. The summed E-state index contributed by atoms with van der Waals surface area (Å²) in [7, 11) is 3.40. The van der Waals surface area contributed by atoms with Gasteiger partial charge in [-0.25, -0.2) is 9.97 Å². The Hall–Kier alpha value is -4.32. The van der Waals surface area contributed by atoms with Crippen molar-refractivity contribution in [3.63, 3.8) is 0 Å². The van der Waals surface area contributed by atoms with Crippen molar-refractivity contribution in [1.82, 2.24) is 24.3 Å². The van der Waals surface area contributed by atoms with Gasteiger partial charge in [-0.3, -0.25) is 4.68 Å². The molecule has 9 heteroatoms. The maximum atomic E-state index is 9.78. The number of nitrogens with two attached hydrogens (primary N) is 1. The van der Waals surface area contributed by atoms with Crippen LogP contribution < -0.4 is 15.2 Å². The van der Waals surface area contributed by atoms with Crippen LogP contribution in [0.1, 0.15) is 5.56 Å². The van der Waals surface area contributed by atoms with Crippen molar-refractivity contribution in [2.45, 2.75) is 6.54 Å². The number of hydrogen-bond acceptors (Lipinski definition) is 7. The number of hydrogen-bond donors (Lipinski definition) is 1. The van der Waals surface area contributed by atoms with Gasteiger partial charge in [0.25, 0.3) is 0 Å². The molecule has 0 aliphatic carbocycles. The maximum absolute atomic E-state index is 9.78. The van der Waals surface area contributed by atoms with Gasteiger partial charge in [0, 0.05) is 42.3 Å². The number of nitrogen functional groups attached to an aromatic ring is 1. The molecule has 0 spiro atoms. The van der Waals surface area contributed by atoms with E-state index in [0.29, 0.717) is 41.5 Å². The number of methoxy groups -OCH3 is 1.